The standard InChI is InChI=1S/C39H67N5O7S/c1-8-9-16-27(30(45)33(47)40-25-17-18-25)41-32(46)29-28-26(37(28,5)6)23-44(29)34(48)31(38(7)19-12-10-13-20-38)42-35(49)43-39(21-14-11-15-22-39)24-52(50,51)36(2,3)4/h25-29,31,34,48H,8-24H2,1-7H3,(H,40,47)(H,41,46)(H2,42,43,49). The maximum Gasteiger partial charge on any atom is 0.315 e. The highest BCUT2D eigenvalue weighted by atomic mass is 32.2. The van der Waals surface area contributed by atoms with Crippen LogP contribution in [0.1, 0.15) is 145 Å². The van der Waals surface area contributed by atoms with Crippen LogP contribution in [-0.4, -0.2) is 95.0 Å². The molecule has 0 aromatic heterocycles. The third kappa shape index (κ3) is 8.82. The van der Waals surface area contributed by atoms with E-state index in [1.165, 1.54) is 0 Å². The first-order valence-corrected chi connectivity index (χ1v) is 21.8. The van der Waals surface area contributed by atoms with Crippen molar-refractivity contribution in [3.63, 3.8) is 0 Å². The molecule has 0 spiro atoms. The number of hydrogen-bond acceptors (Lipinski definition) is 8. The molecule has 0 bridgehead atoms. The minimum absolute atomic E-state index is 0.0196. The maximum atomic E-state index is 14.3. The van der Waals surface area contributed by atoms with E-state index in [1.807, 2.05) is 11.8 Å². The zero-order valence-electron chi connectivity index (χ0n) is 32.8. The van der Waals surface area contributed by atoms with Gasteiger partial charge in [0.25, 0.3) is 5.91 Å². The molecule has 6 atom stereocenters. The maximum absolute atomic E-state index is 14.3. The molecule has 13 heteroatoms. The average Bonchev–Trinajstić information content (AvgIpc) is 3.92. The van der Waals surface area contributed by atoms with E-state index in [4.69, 9.17) is 0 Å². The van der Waals surface area contributed by atoms with Crippen LogP contribution in [-0.2, 0) is 24.2 Å². The molecule has 296 valence electrons. The van der Waals surface area contributed by atoms with Crippen LogP contribution in [0, 0.1) is 22.7 Å². The first-order valence-electron chi connectivity index (χ1n) is 20.2. The number of carbonyl (C=O) groups is 4. The van der Waals surface area contributed by atoms with E-state index in [-0.39, 0.29) is 35.0 Å². The number of rotatable bonds is 15. The number of Topliss-reactive ketones (excluding diaryl/α,β-unsaturated/α-hetero) is 1. The lowest BCUT2D eigenvalue weighted by atomic mass is 9.69. The molecule has 1 heterocycles. The topological polar surface area (TPSA) is 174 Å². The summed E-state index contributed by atoms with van der Waals surface area (Å²) in [6, 6.07) is -2.94. The number of nitrogens with one attached hydrogen (secondary N) is 4. The number of ketones is 1. The number of unbranched alkanes of at least 4 members (excludes halogenated alkanes) is 1. The normalized spacial score (nSPS) is 28.4. The van der Waals surface area contributed by atoms with E-state index < -0.39 is 67.6 Å². The Morgan fingerprint density at radius 3 is 2.06 bits per heavy atom. The highest BCUT2D eigenvalue weighted by molar-refractivity contribution is 7.92. The summed E-state index contributed by atoms with van der Waals surface area (Å²) in [6.45, 7) is 13.9. The van der Waals surface area contributed by atoms with Crippen molar-refractivity contribution < 1.29 is 32.7 Å². The number of aliphatic hydroxyl groups excluding tert-OH is 1. The van der Waals surface area contributed by atoms with Gasteiger partial charge in [0.15, 0.2) is 9.84 Å². The molecule has 0 aromatic rings. The summed E-state index contributed by atoms with van der Waals surface area (Å²) >= 11 is 0. The fourth-order valence-corrected chi connectivity index (χ4v) is 11.0. The molecule has 5 fully saturated rings. The van der Waals surface area contributed by atoms with Gasteiger partial charge < -0.3 is 26.4 Å². The molecule has 6 unspecified atom stereocenters. The first-order chi connectivity index (χ1) is 24.3. The second kappa shape index (κ2) is 15.5. The summed E-state index contributed by atoms with van der Waals surface area (Å²) in [4.78, 5) is 56.4. The number of piperidine rings is 1. The molecular formula is C39H67N5O7S. The Bertz CT molecular complexity index is 1440. The predicted octanol–water partition coefficient (Wildman–Crippen LogP) is 4.34. The van der Waals surface area contributed by atoms with Gasteiger partial charge >= 0.3 is 6.03 Å². The van der Waals surface area contributed by atoms with Crippen molar-refractivity contribution in [2.75, 3.05) is 12.3 Å². The van der Waals surface area contributed by atoms with Crippen molar-refractivity contribution in [3.8, 4) is 0 Å². The summed E-state index contributed by atoms with van der Waals surface area (Å²) in [6.07, 6.45) is 10.6. The van der Waals surface area contributed by atoms with E-state index in [2.05, 4.69) is 42.0 Å². The van der Waals surface area contributed by atoms with Gasteiger partial charge in [-0.05, 0) is 88.4 Å². The van der Waals surface area contributed by atoms with E-state index in [0.29, 0.717) is 32.2 Å². The first kappa shape index (κ1) is 40.9. The molecule has 5 rings (SSSR count). The van der Waals surface area contributed by atoms with Crippen LogP contribution in [0.2, 0.25) is 0 Å². The highest BCUT2D eigenvalue weighted by Gasteiger charge is 2.70. The SMILES string of the molecule is CCCCC(NC(=O)C1C2C(CN1C(O)C(NC(=O)NC1(CS(=O)(=O)C(C)(C)C)CCCCC1)C1(C)CCCCC1)C2(C)C)C(=O)C(=O)NC1CC1. The lowest BCUT2D eigenvalue weighted by Gasteiger charge is -2.47. The minimum atomic E-state index is -3.55. The molecule has 1 saturated heterocycles. The van der Waals surface area contributed by atoms with E-state index in [0.717, 1.165) is 70.6 Å². The number of carbonyl (C=O) groups excluding carboxylic acids is 4. The lowest BCUT2D eigenvalue weighted by Crippen LogP contribution is -2.66. The second-order valence-corrected chi connectivity index (χ2v) is 21.6. The zero-order chi connectivity index (χ0) is 38.3. The summed E-state index contributed by atoms with van der Waals surface area (Å²) < 4.78 is 26.0. The summed E-state index contributed by atoms with van der Waals surface area (Å²) in [5, 5.41) is 24.4. The monoisotopic (exact) mass is 749 g/mol. The summed E-state index contributed by atoms with van der Waals surface area (Å²) in [5.74, 6) is -1.75. The van der Waals surface area contributed by atoms with E-state index in [9.17, 15) is 32.7 Å². The quantitative estimate of drug-likeness (QED) is 0.154. The lowest BCUT2D eigenvalue weighted by molar-refractivity contribution is -0.143. The summed E-state index contributed by atoms with van der Waals surface area (Å²) in [7, 11) is -3.55. The molecule has 5 aliphatic rings. The number of aliphatic hydroxyl groups is 1. The number of nitrogens with zero attached hydrogens (tertiary/aromatic N) is 1. The molecule has 4 saturated carbocycles. The van der Waals surface area contributed by atoms with Crippen LogP contribution < -0.4 is 21.3 Å². The number of hydrogen-bond donors (Lipinski definition) is 5. The Morgan fingerprint density at radius 1 is 0.904 bits per heavy atom. The predicted molar refractivity (Wildman–Crippen MR) is 201 cm³/mol. The molecule has 0 aromatic carbocycles. The van der Waals surface area contributed by atoms with Gasteiger partial charge in [-0.25, -0.2) is 13.2 Å². The van der Waals surface area contributed by atoms with Crippen molar-refractivity contribution in [3.05, 3.63) is 0 Å². The molecule has 4 aliphatic carbocycles. The largest absolute Gasteiger partial charge is 0.376 e. The third-order valence-electron chi connectivity index (χ3n) is 13.4. The van der Waals surface area contributed by atoms with Crippen molar-refractivity contribution >= 4 is 33.5 Å². The Morgan fingerprint density at radius 2 is 1.50 bits per heavy atom. The zero-order valence-corrected chi connectivity index (χ0v) is 33.6. The number of likely N-dealkylation sites (tertiary alicyclic amines) is 1. The number of amides is 4. The molecular weight excluding hydrogens is 683 g/mol. The van der Waals surface area contributed by atoms with Crippen molar-refractivity contribution in [1.82, 2.24) is 26.2 Å². The summed E-state index contributed by atoms with van der Waals surface area (Å²) in [5.41, 5.74) is -1.54. The van der Waals surface area contributed by atoms with Crippen LogP contribution in [0.5, 0.6) is 0 Å². The van der Waals surface area contributed by atoms with Crippen LogP contribution in [0.4, 0.5) is 4.79 Å². The molecule has 52 heavy (non-hydrogen) atoms. The minimum Gasteiger partial charge on any atom is -0.376 e. The van der Waals surface area contributed by atoms with Gasteiger partial charge in [-0.3, -0.25) is 19.3 Å². The van der Waals surface area contributed by atoms with Gasteiger partial charge in [0.2, 0.25) is 11.7 Å². The Labute approximate surface area is 312 Å². The van der Waals surface area contributed by atoms with Gasteiger partial charge in [0.05, 0.1) is 34.2 Å². The average molecular weight is 750 g/mol. The van der Waals surface area contributed by atoms with Crippen molar-refractivity contribution in [2.45, 2.75) is 185 Å². The third-order valence-corrected chi connectivity index (χ3v) is 16.2. The fraction of sp³-hybridized carbons (Fsp3) is 0.897. The number of fused-ring (bicyclic) bond motifs is 1. The molecule has 0 radical (unpaired) electrons. The Kier molecular flexibility index (Phi) is 12.2. The van der Waals surface area contributed by atoms with Crippen LogP contribution in [0.3, 0.4) is 0 Å². The highest BCUT2D eigenvalue weighted by Crippen LogP contribution is 2.65. The van der Waals surface area contributed by atoms with Gasteiger partial charge in [0, 0.05) is 12.6 Å². The Balaban J connectivity index is 1.39. The van der Waals surface area contributed by atoms with Crippen LogP contribution in [0.15, 0.2) is 0 Å². The smallest absolute Gasteiger partial charge is 0.315 e. The van der Waals surface area contributed by atoms with E-state index in [1.54, 1.807) is 20.8 Å². The molecule has 4 amide bonds. The van der Waals surface area contributed by atoms with Crippen LogP contribution >= 0.6 is 0 Å². The van der Waals surface area contributed by atoms with Crippen molar-refractivity contribution in [2.24, 2.45) is 22.7 Å². The number of urea groups is 1. The second-order valence-electron chi connectivity index (χ2n) is 18.8. The number of sulfone groups is 1. The van der Waals surface area contributed by atoms with Crippen molar-refractivity contribution in [1.29, 1.82) is 0 Å². The fourth-order valence-electron chi connectivity index (χ4n) is 9.48. The Hall–Kier alpha value is -2.25. The molecule has 5 N–H and O–H groups in total. The van der Waals surface area contributed by atoms with E-state index >= 15 is 0 Å². The van der Waals surface area contributed by atoms with Gasteiger partial charge in [-0.15, -0.1) is 0 Å². The molecule has 1 aliphatic heterocycles. The van der Waals surface area contributed by atoms with Gasteiger partial charge in [-0.1, -0.05) is 79.1 Å². The molecule has 12 nitrogen and oxygen atoms in total. The van der Waals surface area contributed by atoms with Crippen LogP contribution in [0.25, 0.3) is 0 Å². The van der Waals surface area contributed by atoms with Gasteiger partial charge in [-0.2, -0.15) is 0 Å². The van der Waals surface area contributed by atoms with Gasteiger partial charge in [0.1, 0.15) is 6.23 Å².